The Morgan fingerprint density at radius 2 is 1.96 bits per heavy atom. The summed E-state index contributed by atoms with van der Waals surface area (Å²) in [6, 6.07) is 4.86. The Hall–Kier alpha value is -2.28. The maximum atomic E-state index is 12.4. The molecule has 1 aliphatic heterocycles. The zero-order chi connectivity index (χ0) is 19.1. The molecule has 2 rings (SSSR count). The van der Waals surface area contributed by atoms with E-state index in [0.717, 1.165) is 0 Å². The third-order valence-electron chi connectivity index (χ3n) is 4.21. The second kappa shape index (κ2) is 9.43. The Kier molecular flexibility index (Phi) is 7.26. The summed E-state index contributed by atoms with van der Waals surface area (Å²) in [7, 11) is 1.30. The van der Waals surface area contributed by atoms with E-state index in [4.69, 9.17) is 16.3 Å². The average Bonchev–Trinajstić information content (AvgIpc) is 2.63. The van der Waals surface area contributed by atoms with Crippen molar-refractivity contribution in [3.63, 3.8) is 0 Å². The van der Waals surface area contributed by atoms with Gasteiger partial charge in [0.25, 0.3) is 5.91 Å². The lowest BCUT2D eigenvalue weighted by atomic mass is 10.1. The molecule has 0 aromatic heterocycles. The van der Waals surface area contributed by atoms with Gasteiger partial charge in [0.05, 0.1) is 19.1 Å². The highest BCUT2D eigenvalue weighted by Gasteiger charge is 2.24. The zero-order valence-electron chi connectivity index (χ0n) is 14.9. The van der Waals surface area contributed by atoms with E-state index in [0.29, 0.717) is 42.3 Å². The number of rotatable bonds is 6. The van der Waals surface area contributed by atoms with Gasteiger partial charge >= 0.3 is 5.97 Å². The number of carbonyl (C=O) groups excluding carboxylic acids is 3. The number of carbonyl (C=O) groups is 3. The van der Waals surface area contributed by atoms with Crippen molar-refractivity contribution in [1.82, 2.24) is 10.2 Å². The molecule has 2 amide bonds. The first-order valence-electron chi connectivity index (χ1n) is 8.47. The van der Waals surface area contributed by atoms with Crippen LogP contribution < -0.4 is 10.1 Å². The molecule has 1 N–H and O–H groups in total. The van der Waals surface area contributed by atoms with Crippen LogP contribution in [0.4, 0.5) is 0 Å². The number of halogens is 1. The molecule has 1 heterocycles. The number of nitrogens with zero attached hydrogens (tertiary/aromatic N) is 1. The van der Waals surface area contributed by atoms with Gasteiger partial charge in [-0.05, 0) is 18.2 Å². The van der Waals surface area contributed by atoms with Crippen molar-refractivity contribution >= 4 is 29.4 Å². The van der Waals surface area contributed by atoms with Gasteiger partial charge in [0.2, 0.25) is 5.91 Å². The monoisotopic (exact) mass is 382 g/mol. The number of benzene rings is 1. The fourth-order valence-electron chi connectivity index (χ4n) is 2.73. The van der Waals surface area contributed by atoms with Gasteiger partial charge in [0.15, 0.2) is 0 Å². The number of hydrogen-bond donors (Lipinski definition) is 1. The average molecular weight is 383 g/mol. The molecular formula is C18H23ClN2O5. The maximum absolute atomic E-state index is 12.4. The molecule has 7 nitrogen and oxygen atoms in total. The van der Waals surface area contributed by atoms with E-state index in [2.05, 4.69) is 10.1 Å². The largest absolute Gasteiger partial charge is 0.489 e. The predicted octanol–water partition coefficient (Wildman–Crippen LogP) is 2.02. The summed E-state index contributed by atoms with van der Waals surface area (Å²) in [5, 5.41) is 3.08. The van der Waals surface area contributed by atoms with Crippen LogP contribution in [0.1, 0.15) is 36.5 Å². The number of hydrogen-bond acceptors (Lipinski definition) is 5. The number of likely N-dealkylation sites (tertiary alicyclic amines) is 1. The lowest BCUT2D eigenvalue weighted by Gasteiger charge is -2.31. The summed E-state index contributed by atoms with van der Waals surface area (Å²) in [4.78, 5) is 36.7. The standard InChI is InChI=1S/C18H23ClN2O5/c1-12(22)21-9-6-14(7-10-21)26-16-4-3-13(19)11-15(16)18(24)20-8-5-17(23)25-2/h3-4,11,14H,5-10H2,1-2H3,(H,20,24). The van der Waals surface area contributed by atoms with Gasteiger partial charge in [-0.15, -0.1) is 0 Å². The second-order valence-corrected chi connectivity index (χ2v) is 6.48. The molecule has 1 fully saturated rings. The lowest BCUT2D eigenvalue weighted by Crippen LogP contribution is -2.40. The van der Waals surface area contributed by atoms with Crippen LogP contribution in [0.3, 0.4) is 0 Å². The van der Waals surface area contributed by atoms with Crippen molar-refractivity contribution in [2.45, 2.75) is 32.3 Å². The van der Waals surface area contributed by atoms with E-state index < -0.39 is 5.97 Å². The van der Waals surface area contributed by atoms with Crippen LogP contribution in [0.25, 0.3) is 0 Å². The SMILES string of the molecule is COC(=O)CCNC(=O)c1cc(Cl)ccc1OC1CCN(C(C)=O)CC1. The first-order valence-corrected chi connectivity index (χ1v) is 8.85. The molecule has 0 aliphatic carbocycles. The van der Waals surface area contributed by atoms with Crippen molar-refractivity contribution in [3.8, 4) is 5.75 Å². The molecule has 1 saturated heterocycles. The van der Waals surface area contributed by atoms with Crippen molar-refractivity contribution in [1.29, 1.82) is 0 Å². The molecule has 142 valence electrons. The van der Waals surface area contributed by atoms with E-state index in [-0.39, 0.29) is 30.9 Å². The lowest BCUT2D eigenvalue weighted by molar-refractivity contribution is -0.140. The Balaban J connectivity index is 1.99. The zero-order valence-corrected chi connectivity index (χ0v) is 15.7. The number of nitrogens with one attached hydrogen (secondary N) is 1. The third-order valence-corrected chi connectivity index (χ3v) is 4.44. The normalized spacial score (nSPS) is 14.7. The van der Waals surface area contributed by atoms with Gasteiger partial charge in [0.1, 0.15) is 11.9 Å². The van der Waals surface area contributed by atoms with Crippen LogP contribution in [0.2, 0.25) is 5.02 Å². The van der Waals surface area contributed by atoms with Crippen molar-refractivity contribution in [2.75, 3.05) is 26.7 Å². The van der Waals surface area contributed by atoms with Gasteiger partial charge in [-0.25, -0.2) is 0 Å². The Labute approximate surface area is 157 Å². The Morgan fingerprint density at radius 1 is 1.27 bits per heavy atom. The highest BCUT2D eigenvalue weighted by atomic mass is 35.5. The molecule has 1 aromatic carbocycles. The summed E-state index contributed by atoms with van der Waals surface area (Å²) < 4.78 is 10.5. The Morgan fingerprint density at radius 3 is 2.58 bits per heavy atom. The maximum Gasteiger partial charge on any atom is 0.307 e. The molecule has 0 bridgehead atoms. The van der Waals surface area contributed by atoms with Gasteiger partial charge in [-0.3, -0.25) is 14.4 Å². The minimum absolute atomic E-state index is 0.0561. The van der Waals surface area contributed by atoms with Crippen LogP contribution in [0.5, 0.6) is 5.75 Å². The number of amides is 2. The number of esters is 1. The fourth-order valence-corrected chi connectivity index (χ4v) is 2.90. The van der Waals surface area contributed by atoms with Crippen LogP contribution in [0.15, 0.2) is 18.2 Å². The minimum atomic E-state index is -0.398. The highest BCUT2D eigenvalue weighted by molar-refractivity contribution is 6.31. The summed E-state index contributed by atoms with van der Waals surface area (Å²) in [5.74, 6) is -0.274. The summed E-state index contributed by atoms with van der Waals surface area (Å²) in [5.41, 5.74) is 0.316. The summed E-state index contributed by atoms with van der Waals surface area (Å²) in [6.07, 6.45) is 1.41. The van der Waals surface area contributed by atoms with Crippen molar-refractivity contribution in [3.05, 3.63) is 28.8 Å². The molecular weight excluding hydrogens is 360 g/mol. The van der Waals surface area contributed by atoms with Crippen molar-refractivity contribution in [2.24, 2.45) is 0 Å². The number of piperidine rings is 1. The third kappa shape index (κ3) is 5.62. The quantitative estimate of drug-likeness (QED) is 0.761. The molecule has 0 radical (unpaired) electrons. The minimum Gasteiger partial charge on any atom is -0.489 e. The first-order chi connectivity index (χ1) is 12.4. The summed E-state index contributed by atoms with van der Waals surface area (Å²) >= 11 is 6.01. The predicted molar refractivity (Wildman–Crippen MR) is 96.3 cm³/mol. The van der Waals surface area contributed by atoms with E-state index in [1.807, 2.05) is 0 Å². The van der Waals surface area contributed by atoms with Crippen molar-refractivity contribution < 1.29 is 23.9 Å². The number of methoxy groups -OCH3 is 1. The van der Waals surface area contributed by atoms with Gasteiger partial charge in [-0.1, -0.05) is 11.6 Å². The molecule has 26 heavy (non-hydrogen) atoms. The molecule has 1 aliphatic rings. The first kappa shape index (κ1) is 20.0. The van der Waals surface area contributed by atoms with E-state index >= 15 is 0 Å². The van der Waals surface area contributed by atoms with Gasteiger partial charge in [0, 0.05) is 44.4 Å². The number of ether oxygens (including phenoxy) is 2. The van der Waals surface area contributed by atoms with Crippen LogP contribution in [0, 0.1) is 0 Å². The van der Waals surface area contributed by atoms with Crippen LogP contribution >= 0.6 is 11.6 Å². The summed E-state index contributed by atoms with van der Waals surface area (Å²) in [6.45, 7) is 2.98. The van der Waals surface area contributed by atoms with E-state index in [1.165, 1.54) is 13.2 Å². The van der Waals surface area contributed by atoms with E-state index in [1.54, 1.807) is 24.0 Å². The second-order valence-electron chi connectivity index (χ2n) is 6.05. The smallest absolute Gasteiger partial charge is 0.307 e. The molecule has 0 spiro atoms. The van der Waals surface area contributed by atoms with E-state index in [9.17, 15) is 14.4 Å². The van der Waals surface area contributed by atoms with Crippen LogP contribution in [-0.2, 0) is 14.3 Å². The van der Waals surface area contributed by atoms with Crippen LogP contribution in [-0.4, -0.2) is 55.5 Å². The molecule has 0 unspecified atom stereocenters. The molecule has 1 aromatic rings. The van der Waals surface area contributed by atoms with Gasteiger partial charge in [-0.2, -0.15) is 0 Å². The van der Waals surface area contributed by atoms with Gasteiger partial charge < -0.3 is 19.7 Å². The fraction of sp³-hybridized carbons (Fsp3) is 0.500. The Bertz CT molecular complexity index is 672. The molecule has 0 atom stereocenters. The topological polar surface area (TPSA) is 84.9 Å². The highest BCUT2D eigenvalue weighted by Crippen LogP contribution is 2.26. The molecule has 8 heteroatoms. The molecule has 0 saturated carbocycles.